The van der Waals surface area contributed by atoms with Crippen LogP contribution in [0.15, 0.2) is 24.3 Å². The van der Waals surface area contributed by atoms with Crippen molar-refractivity contribution < 1.29 is 14.6 Å². The summed E-state index contributed by atoms with van der Waals surface area (Å²) in [6.45, 7) is 7.94. The number of aromatic carboxylic acids is 1. The van der Waals surface area contributed by atoms with Crippen LogP contribution < -0.4 is 4.74 Å². The molecule has 0 saturated carbocycles. The van der Waals surface area contributed by atoms with Crippen LogP contribution in [0, 0.1) is 0 Å². The lowest BCUT2D eigenvalue weighted by Gasteiger charge is -2.20. The molecule has 0 heterocycles. The predicted octanol–water partition coefficient (Wildman–Crippen LogP) is 2.89. The maximum absolute atomic E-state index is 10.8. The molecule has 0 saturated heterocycles. The number of nitrogens with zero attached hydrogens (tertiary/aromatic N) is 1. The van der Waals surface area contributed by atoms with Crippen molar-refractivity contribution in [2.45, 2.75) is 26.7 Å². The number of benzene rings is 1. The van der Waals surface area contributed by atoms with E-state index >= 15 is 0 Å². The Hall–Kier alpha value is -1.55. The first-order valence-electron chi connectivity index (χ1n) is 6.85. The molecule has 1 rings (SSSR count). The minimum atomic E-state index is -0.927. The summed E-state index contributed by atoms with van der Waals surface area (Å²) in [6.07, 6.45) is 2.27. The van der Waals surface area contributed by atoms with Crippen molar-refractivity contribution in [3.63, 3.8) is 0 Å². The topological polar surface area (TPSA) is 49.8 Å². The van der Waals surface area contributed by atoms with Crippen molar-refractivity contribution in [1.29, 1.82) is 0 Å². The van der Waals surface area contributed by atoms with E-state index in [-0.39, 0.29) is 5.56 Å². The van der Waals surface area contributed by atoms with Crippen molar-refractivity contribution in [3.05, 3.63) is 29.8 Å². The van der Waals surface area contributed by atoms with Crippen LogP contribution in [-0.4, -0.2) is 42.2 Å². The molecule has 1 aromatic rings. The van der Waals surface area contributed by atoms with Gasteiger partial charge in [0.05, 0.1) is 5.56 Å². The maximum atomic E-state index is 10.8. The first kappa shape index (κ1) is 15.5. The Morgan fingerprint density at radius 1 is 1.21 bits per heavy atom. The largest absolute Gasteiger partial charge is 0.492 e. The van der Waals surface area contributed by atoms with Gasteiger partial charge >= 0.3 is 5.97 Å². The van der Waals surface area contributed by atoms with Gasteiger partial charge in [-0.25, -0.2) is 4.79 Å². The Kier molecular flexibility index (Phi) is 6.97. The Morgan fingerprint density at radius 3 is 2.47 bits per heavy atom. The van der Waals surface area contributed by atoms with E-state index in [1.54, 1.807) is 24.3 Å². The molecule has 0 bridgehead atoms. The molecule has 4 nitrogen and oxygen atoms in total. The van der Waals surface area contributed by atoms with Crippen LogP contribution in [-0.2, 0) is 0 Å². The number of hydrogen-bond donors (Lipinski definition) is 1. The minimum absolute atomic E-state index is 0.261. The number of rotatable bonds is 9. The summed E-state index contributed by atoms with van der Waals surface area (Å²) in [5.74, 6) is -0.308. The van der Waals surface area contributed by atoms with Gasteiger partial charge in [-0.1, -0.05) is 19.9 Å². The lowest BCUT2D eigenvalue weighted by molar-refractivity contribution is 0.0696. The van der Waals surface area contributed by atoms with Gasteiger partial charge in [0.1, 0.15) is 12.4 Å². The second kappa shape index (κ2) is 8.53. The number of carboxylic acids is 1. The molecule has 0 fully saturated rings. The molecule has 106 valence electrons. The highest BCUT2D eigenvalue weighted by atomic mass is 16.5. The van der Waals surface area contributed by atoms with Crippen molar-refractivity contribution in [2.24, 2.45) is 0 Å². The van der Waals surface area contributed by atoms with Crippen molar-refractivity contribution in [2.75, 3.05) is 26.2 Å². The fourth-order valence-electron chi connectivity index (χ4n) is 1.98. The van der Waals surface area contributed by atoms with Gasteiger partial charge in [-0.3, -0.25) is 4.90 Å². The summed E-state index contributed by atoms with van der Waals surface area (Å²) in [7, 11) is 0. The summed E-state index contributed by atoms with van der Waals surface area (Å²) in [6, 6.07) is 6.62. The van der Waals surface area contributed by atoms with Gasteiger partial charge in [0.15, 0.2) is 0 Å². The first-order valence-corrected chi connectivity index (χ1v) is 6.85. The first-order chi connectivity index (χ1) is 9.17. The average molecular weight is 265 g/mol. The Bertz CT molecular complexity index is 387. The molecule has 0 amide bonds. The van der Waals surface area contributed by atoms with E-state index in [1.807, 2.05) is 0 Å². The molecule has 0 spiro atoms. The Morgan fingerprint density at radius 2 is 1.89 bits per heavy atom. The van der Waals surface area contributed by atoms with Crippen LogP contribution >= 0.6 is 0 Å². The summed E-state index contributed by atoms with van der Waals surface area (Å²) >= 11 is 0. The molecule has 0 radical (unpaired) electrons. The van der Waals surface area contributed by atoms with Gasteiger partial charge in [-0.2, -0.15) is 0 Å². The van der Waals surface area contributed by atoms with Crippen LogP contribution in [0.1, 0.15) is 37.0 Å². The third-order valence-electron chi connectivity index (χ3n) is 2.84. The standard InChI is InChI=1S/C15H23NO3/c1-3-8-16(9-4-2)10-11-19-14-7-5-6-13(12-14)15(17)18/h5-7,12H,3-4,8-11H2,1-2H3,(H,17,18). The van der Waals surface area contributed by atoms with Gasteiger partial charge in [0.25, 0.3) is 0 Å². The van der Waals surface area contributed by atoms with Crippen LogP contribution in [0.5, 0.6) is 5.75 Å². The number of ether oxygens (including phenoxy) is 1. The summed E-state index contributed by atoms with van der Waals surface area (Å²) < 4.78 is 5.61. The molecule has 19 heavy (non-hydrogen) atoms. The van der Waals surface area contributed by atoms with Crippen molar-refractivity contribution in [1.82, 2.24) is 4.90 Å². The van der Waals surface area contributed by atoms with E-state index in [4.69, 9.17) is 9.84 Å². The van der Waals surface area contributed by atoms with Gasteiger partial charge in [-0.15, -0.1) is 0 Å². The third-order valence-corrected chi connectivity index (χ3v) is 2.84. The lowest BCUT2D eigenvalue weighted by atomic mass is 10.2. The van der Waals surface area contributed by atoms with Crippen LogP contribution in [0.2, 0.25) is 0 Å². The lowest BCUT2D eigenvalue weighted by Crippen LogP contribution is -2.30. The molecule has 0 aliphatic heterocycles. The Labute approximate surface area is 115 Å². The van der Waals surface area contributed by atoms with Crippen LogP contribution in [0.4, 0.5) is 0 Å². The molecule has 0 aromatic heterocycles. The second-order valence-electron chi connectivity index (χ2n) is 4.52. The smallest absolute Gasteiger partial charge is 0.335 e. The molecule has 0 aliphatic rings. The van der Waals surface area contributed by atoms with Gasteiger partial charge < -0.3 is 9.84 Å². The number of carbonyl (C=O) groups is 1. The highest BCUT2D eigenvalue weighted by Gasteiger charge is 2.05. The molecule has 0 atom stereocenters. The number of hydrogen-bond acceptors (Lipinski definition) is 3. The molecular formula is C15H23NO3. The third kappa shape index (κ3) is 5.75. The minimum Gasteiger partial charge on any atom is -0.492 e. The van der Waals surface area contributed by atoms with E-state index in [0.29, 0.717) is 12.4 Å². The number of carboxylic acid groups (broad SMARTS) is 1. The molecule has 0 unspecified atom stereocenters. The summed E-state index contributed by atoms with van der Waals surface area (Å²) in [5.41, 5.74) is 0.261. The monoisotopic (exact) mass is 265 g/mol. The Balaban J connectivity index is 2.43. The van der Waals surface area contributed by atoms with E-state index in [9.17, 15) is 4.79 Å². The van der Waals surface area contributed by atoms with E-state index in [0.717, 1.165) is 32.5 Å². The van der Waals surface area contributed by atoms with Crippen LogP contribution in [0.3, 0.4) is 0 Å². The summed E-state index contributed by atoms with van der Waals surface area (Å²) in [5, 5.41) is 8.90. The summed E-state index contributed by atoms with van der Waals surface area (Å²) in [4.78, 5) is 13.2. The highest BCUT2D eigenvalue weighted by Crippen LogP contribution is 2.13. The van der Waals surface area contributed by atoms with Gasteiger partial charge in [0, 0.05) is 6.54 Å². The fraction of sp³-hybridized carbons (Fsp3) is 0.533. The van der Waals surface area contributed by atoms with Crippen LogP contribution in [0.25, 0.3) is 0 Å². The molecular weight excluding hydrogens is 242 g/mol. The van der Waals surface area contributed by atoms with E-state index in [1.165, 1.54) is 0 Å². The van der Waals surface area contributed by atoms with E-state index in [2.05, 4.69) is 18.7 Å². The SMILES string of the molecule is CCCN(CCC)CCOc1cccc(C(=O)O)c1. The molecule has 1 N–H and O–H groups in total. The second-order valence-corrected chi connectivity index (χ2v) is 4.52. The molecule has 4 heteroatoms. The zero-order valence-corrected chi connectivity index (χ0v) is 11.8. The van der Waals surface area contributed by atoms with Gasteiger partial charge in [0.2, 0.25) is 0 Å². The fourth-order valence-corrected chi connectivity index (χ4v) is 1.98. The zero-order valence-electron chi connectivity index (χ0n) is 11.8. The predicted molar refractivity (Wildman–Crippen MR) is 75.9 cm³/mol. The average Bonchev–Trinajstić information content (AvgIpc) is 2.39. The van der Waals surface area contributed by atoms with Gasteiger partial charge in [-0.05, 0) is 44.1 Å². The molecule has 1 aromatic carbocycles. The quantitative estimate of drug-likeness (QED) is 0.746. The maximum Gasteiger partial charge on any atom is 0.335 e. The zero-order chi connectivity index (χ0) is 14.1. The van der Waals surface area contributed by atoms with Crippen molar-refractivity contribution in [3.8, 4) is 5.75 Å². The van der Waals surface area contributed by atoms with Crippen molar-refractivity contribution >= 4 is 5.97 Å². The highest BCUT2D eigenvalue weighted by molar-refractivity contribution is 5.87. The molecule has 0 aliphatic carbocycles. The normalized spacial score (nSPS) is 10.7. The van der Waals surface area contributed by atoms with E-state index < -0.39 is 5.97 Å².